The fourth-order valence-electron chi connectivity index (χ4n) is 3.90. The molecule has 2 aromatic rings. The quantitative estimate of drug-likeness (QED) is 0.828. The van der Waals surface area contributed by atoms with Gasteiger partial charge < -0.3 is 9.32 Å². The van der Waals surface area contributed by atoms with Gasteiger partial charge in [-0.05, 0) is 37.8 Å². The molecule has 0 unspecified atom stereocenters. The van der Waals surface area contributed by atoms with Gasteiger partial charge in [0.25, 0.3) is 0 Å². The molecule has 146 valence electrons. The van der Waals surface area contributed by atoms with Gasteiger partial charge in [-0.15, -0.1) is 0 Å². The monoisotopic (exact) mass is 393 g/mol. The van der Waals surface area contributed by atoms with E-state index >= 15 is 0 Å². The molecule has 1 saturated heterocycles. The fraction of sp³-hybridized carbons (Fsp3) is 0.556. The summed E-state index contributed by atoms with van der Waals surface area (Å²) in [5.41, 5.74) is 0.593. The summed E-state index contributed by atoms with van der Waals surface area (Å²) in [6.45, 7) is 1.31. The molecule has 0 radical (unpaired) electrons. The Morgan fingerprint density at radius 3 is 2.56 bits per heavy atom. The number of nitrogens with zero attached hydrogens (tertiary/aromatic N) is 2. The van der Waals surface area contributed by atoms with Crippen molar-refractivity contribution in [1.29, 1.82) is 0 Å². The van der Waals surface area contributed by atoms with Gasteiger partial charge in [0.15, 0.2) is 5.58 Å². The Morgan fingerprint density at radius 2 is 1.85 bits per heavy atom. The van der Waals surface area contributed by atoms with Gasteiger partial charge in [-0.25, -0.2) is 17.9 Å². The molecule has 1 aliphatic heterocycles. The van der Waals surface area contributed by atoms with Crippen LogP contribution in [0, 0.1) is 0 Å². The topological polar surface area (TPSA) is 102 Å². The first kappa shape index (κ1) is 18.2. The molecule has 2 heterocycles. The summed E-state index contributed by atoms with van der Waals surface area (Å²) >= 11 is 0. The lowest BCUT2D eigenvalue weighted by molar-refractivity contribution is -0.130. The van der Waals surface area contributed by atoms with Crippen molar-refractivity contribution in [2.45, 2.75) is 56.0 Å². The van der Waals surface area contributed by atoms with Gasteiger partial charge in [0.1, 0.15) is 6.54 Å². The van der Waals surface area contributed by atoms with E-state index in [0.29, 0.717) is 18.6 Å². The van der Waals surface area contributed by atoms with Gasteiger partial charge in [-0.3, -0.25) is 9.36 Å². The highest BCUT2D eigenvalue weighted by Crippen LogP contribution is 2.23. The lowest BCUT2D eigenvalue weighted by Crippen LogP contribution is -2.33. The van der Waals surface area contributed by atoms with Crippen LogP contribution in [-0.4, -0.2) is 42.9 Å². The largest absolute Gasteiger partial charge is 0.420 e. The van der Waals surface area contributed by atoms with Crippen molar-refractivity contribution < 1.29 is 17.6 Å². The zero-order chi connectivity index (χ0) is 19.0. The SMILES string of the molecule is O=C(Cn1c(=O)oc2cc(S(=O)(=O)NC3CCCC3)ccc21)N1CCCC1. The number of benzene rings is 1. The van der Waals surface area contributed by atoms with Gasteiger partial charge in [-0.2, -0.15) is 0 Å². The minimum absolute atomic E-state index is 0.0413. The minimum atomic E-state index is -3.67. The number of amides is 1. The number of carbonyl (C=O) groups is 1. The molecule has 2 fully saturated rings. The Labute approximate surface area is 157 Å². The van der Waals surface area contributed by atoms with Crippen LogP contribution in [0.2, 0.25) is 0 Å². The second kappa shape index (κ2) is 7.12. The highest BCUT2D eigenvalue weighted by atomic mass is 32.2. The minimum Gasteiger partial charge on any atom is -0.408 e. The summed E-state index contributed by atoms with van der Waals surface area (Å²) in [7, 11) is -3.67. The number of nitrogens with one attached hydrogen (secondary N) is 1. The number of hydrogen-bond acceptors (Lipinski definition) is 5. The van der Waals surface area contributed by atoms with E-state index in [-0.39, 0.29) is 29.0 Å². The average Bonchev–Trinajstić information content (AvgIpc) is 3.36. The fourth-order valence-corrected chi connectivity index (χ4v) is 5.22. The molecule has 1 N–H and O–H groups in total. The maximum absolute atomic E-state index is 12.6. The van der Waals surface area contributed by atoms with Crippen LogP contribution >= 0.6 is 0 Å². The number of rotatable bonds is 5. The molecule has 8 nitrogen and oxygen atoms in total. The van der Waals surface area contributed by atoms with E-state index in [9.17, 15) is 18.0 Å². The van der Waals surface area contributed by atoms with Crippen molar-refractivity contribution in [1.82, 2.24) is 14.2 Å². The maximum atomic E-state index is 12.6. The number of hydrogen-bond donors (Lipinski definition) is 1. The highest BCUT2D eigenvalue weighted by molar-refractivity contribution is 7.89. The number of carbonyl (C=O) groups excluding carboxylic acids is 1. The van der Waals surface area contributed by atoms with Gasteiger partial charge in [0.2, 0.25) is 15.9 Å². The number of oxazole rings is 1. The lowest BCUT2D eigenvalue weighted by Gasteiger charge is -2.15. The first-order chi connectivity index (χ1) is 12.9. The summed E-state index contributed by atoms with van der Waals surface area (Å²) in [4.78, 5) is 26.3. The number of likely N-dealkylation sites (tertiary alicyclic amines) is 1. The molecule has 27 heavy (non-hydrogen) atoms. The normalized spacial score (nSPS) is 18.6. The van der Waals surface area contributed by atoms with Crippen molar-refractivity contribution in [2.24, 2.45) is 0 Å². The highest BCUT2D eigenvalue weighted by Gasteiger charge is 2.25. The van der Waals surface area contributed by atoms with Crippen LogP contribution < -0.4 is 10.5 Å². The van der Waals surface area contributed by atoms with Crippen molar-refractivity contribution >= 4 is 27.0 Å². The first-order valence-corrected chi connectivity index (χ1v) is 10.9. The van der Waals surface area contributed by atoms with E-state index < -0.39 is 15.8 Å². The van der Waals surface area contributed by atoms with E-state index in [0.717, 1.165) is 38.5 Å². The van der Waals surface area contributed by atoms with E-state index in [4.69, 9.17) is 4.42 Å². The Kier molecular flexibility index (Phi) is 4.81. The van der Waals surface area contributed by atoms with Crippen molar-refractivity contribution in [3.05, 3.63) is 28.7 Å². The molecule has 1 saturated carbocycles. The average molecular weight is 393 g/mol. The summed E-state index contributed by atoms with van der Waals surface area (Å²) in [6.07, 6.45) is 5.67. The summed E-state index contributed by atoms with van der Waals surface area (Å²) in [5, 5.41) is 0. The zero-order valence-electron chi connectivity index (χ0n) is 15.0. The van der Waals surface area contributed by atoms with Crippen LogP contribution in [0.5, 0.6) is 0 Å². The Balaban J connectivity index is 1.60. The zero-order valence-corrected chi connectivity index (χ0v) is 15.8. The van der Waals surface area contributed by atoms with Gasteiger partial charge >= 0.3 is 5.76 Å². The van der Waals surface area contributed by atoms with E-state index in [1.807, 2.05) is 0 Å². The Bertz CT molecular complexity index is 1010. The Morgan fingerprint density at radius 1 is 1.15 bits per heavy atom. The van der Waals surface area contributed by atoms with Crippen molar-refractivity contribution in [2.75, 3.05) is 13.1 Å². The standard InChI is InChI=1S/C18H23N3O5S/c22-17(20-9-3-4-10-20)12-21-15-8-7-14(11-16(15)26-18(21)23)27(24,25)19-13-5-1-2-6-13/h7-8,11,13,19H,1-6,9-10,12H2. The molecule has 2 aliphatic rings. The molecule has 0 spiro atoms. The summed E-state index contributed by atoms with van der Waals surface area (Å²) in [5.74, 6) is -0.784. The second-order valence-corrected chi connectivity index (χ2v) is 8.99. The third-order valence-electron chi connectivity index (χ3n) is 5.38. The molecular weight excluding hydrogens is 370 g/mol. The molecule has 0 bridgehead atoms. The van der Waals surface area contributed by atoms with Crippen LogP contribution in [0.15, 0.2) is 32.3 Å². The predicted octanol–water partition coefficient (Wildman–Crippen LogP) is 1.44. The molecule has 0 atom stereocenters. The van der Waals surface area contributed by atoms with E-state index in [1.165, 1.54) is 22.8 Å². The molecular formula is C18H23N3O5S. The smallest absolute Gasteiger partial charge is 0.408 e. The molecule has 1 aromatic carbocycles. The van der Waals surface area contributed by atoms with Crippen molar-refractivity contribution in [3.8, 4) is 0 Å². The third-order valence-corrected chi connectivity index (χ3v) is 6.90. The van der Waals surface area contributed by atoms with Crippen molar-refractivity contribution in [3.63, 3.8) is 0 Å². The second-order valence-electron chi connectivity index (χ2n) is 7.27. The number of fused-ring (bicyclic) bond motifs is 1. The molecule has 9 heteroatoms. The van der Waals surface area contributed by atoms with Crippen LogP contribution in [0.3, 0.4) is 0 Å². The number of aromatic nitrogens is 1. The predicted molar refractivity (Wildman–Crippen MR) is 98.9 cm³/mol. The van der Waals surface area contributed by atoms with Crippen LogP contribution in [-0.2, 0) is 21.4 Å². The van der Waals surface area contributed by atoms with Crippen LogP contribution in [0.25, 0.3) is 11.1 Å². The van der Waals surface area contributed by atoms with E-state index in [1.54, 1.807) is 4.90 Å². The van der Waals surface area contributed by atoms with Crippen LogP contribution in [0.4, 0.5) is 0 Å². The molecule has 1 amide bonds. The van der Waals surface area contributed by atoms with Gasteiger partial charge in [0.05, 0.1) is 10.4 Å². The van der Waals surface area contributed by atoms with Gasteiger partial charge in [-0.1, -0.05) is 12.8 Å². The molecule has 4 rings (SSSR count). The molecule has 1 aliphatic carbocycles. The molecule has 1 aromatic heterocycles. The van der Waals surface area contributed by atoms with Gasteiger partial charge in [0, 0.05) is 25.2 Å². The maximum Gasteiger partial charge on any atom is 0.420 e. The number of sulfonamides is 1. The summed E-state index contributed by atoms with van der Waals surface area (Å²) in [6, 6.07) is 4.29. The Hall–Kier alpha value is -2.13. The van der Waals surface area contributed by atoms with E-state index in [2.05, 4.69) is 4.72 Å². The lowest BCUT2D eigenvalue weighted by atomic mass is 10.3. The van der Waals surface area contributed by atoms with Crippen LogP contribution in [0.1, 0.15) is 38.5 Å². The third kappa shape index (κ3) is 3.66. The summed E-state index contributed by atoms with van der Waals surface area (Å²) < 4.78 is 34.3. The first-order valence-electron chi connectivity index (χ1n) is 9.37.